The number of carbonyl (C=O) groups excluding carboxylic acids is 1. The molecule has 26 heavy (non-hydrogen) atoms. The number of esters is 1. The first-order chi connectivity index (χ1) is 12.5. The maximum absolute atomic E-state index is 11.9. The van der Waals surface area contributed by atoms with Gasteiger partial charge in [0.2, 0.25) is 11.2 Å². The molecule has 0 spiro atoms. The van der Waals surface area contributed by atoms with Gasteiger partial charge in [-0.15, -0.1) is 0 Å². The number of ether oxygens (including phenoxy) is 1. The van der Waals surface area contributed by atoms with Gasteiger partial charge in [-0.2, -0.15) is 0 Å². The van der Waals surface area contributed by atoms with Gasteiger partial charge >= 0.3 is 5.97 Å². The van der Waals surface area contributed by atoms with Crippen LogP contribution in [-0.2, 0) is 9.53 Å². The van der Waals surface area contributed by atoms with Gasteiger partial charge in [0.15, 0.2) is 5.76 Å². The zero-order valence-electron chi connectivity index (χ0n) is 14.4. The lowest BCUT2D eigenvalue weighted by atomic mass is 9.98. The molecule has 0 aliphatic rings. The normalized spacial score (nSPS) is 11.9. The molecule has 0 radical (unpaired) electrons. The number of carbonyl (C=O) groups is 1. The van der Waals surface area contributed by atoms with Crippen LogP contribution in [-0.4, -0.2) is 18.2 Å². The minimum atomic E-state index is -0.785. The number of furan rings is 1. The van der Waals surface area contributed by atoms with E-state index in [1.165, 1.54) is 13.2 Å². The van der Waals surface area contributed by atoms with E-state index in [0.717, 1.165) is 5.56 Å². The van der Waals surface area contributed by atoms with Crippen molar-refractivity contribution in [3.63, 3.8) is 0 Å². The molecule has 2 aromatic heterocycles. The zero-order chi connectivity index (χ0) is 18.7. The summed E-state index contributed by atoms with van der Waals surface area (Å²) in [6.07, 6.45) is -0.141. The van der Waals surface area contributed by atoms with E-state index >= 15 is 0 Å². The van der Waals surface area contributed by atoms with Crippen LogP contribution in [0.5, 0.6) is 5.75 Å². The number of rotatable bonds is 5. The van der Waals surface area contributed by atoms with Crippen LogP contribution in [0.2, 0.25) is 0 Å². The molecular formula is C20H18O6. The van der Waals surface area contributed by atoms with Crippen molar-refractivity contribution in [1.82, 2.24) is 0 Å². The number of hydrogen-bond acceptors (Lipinski definition) is 6. The Labute approximate surface area is 149 Å². The van der Waals surface area contributed by atoms with Crippen LogP contribution in [0.4, 0.5) is 0 Å². The zero-order valence-corrected chi connectivity index (χ0v) is 14.4. The molecule has 0 saturated heterocycles. The van der Waals surface area contributed by atoms with E-state index in [9.17, 15) is 14.7 Å². The molecule has 3 aromatic rings. The average molecular weight is 354 g/mol. The van der Waals surface area contributed by atoms with Crippen LogP contribution < -0.4 is 5.43 Å². The summed E-state index contributed by atoms with van der Waals surface area (Å²) in [7, 11) is 1.27. The van der Waals surface area contributed by atoms with Gasteiger partial charge in [0, 0.05) is 11.6 Å². The third kappa shape index (κ3) is 3.54. The molecule has 0 aliphatic heterocycles. The second kappa shape index (κ2) is 7.31. The van der Waals surface area contributed by atoms with Gasteiger partial charge in [0.25, 0.3) is 0 Å². The molecule has 0 saturated carbocycles. The fraction of sp³-hybridized carbons (Fsp3) is 0.200. The largest absolute Gasteiger partial charge is 0.502 e. The van der Waals surface area contributed by atoms with Gasteiger partial charge in [0.1, 0.15) is 17.3 Å². The predicted octanol–water partition coefficient (Wildman–Crippen LogP) is 3.61. The first-order valence-corrected chi connectivity index (χ1v) is 8.05. The van der Waals surface area contributed by atoms with Gasteiger partial charge in [0.05, 0.1) is 19.4 Å². The highest BCUT2D eigenvalue weighted by Gasteiger charge is 2.29. The van der Waals surface area contributed by atoms with Gasteiger partial charge in [-0.1, -0.05) is 30.3 Å². The Morgan fingerprint density at radius 1 is 1.15 bits per heavy atom. The summed E-state index contributed by atoms with van der Waals surface area (Å²) in [5.41, 5.74) is 0.291. The van der Waals surface area contributed by atoms with E-state index in [0.29, 0.717) is 17.3 Å². The summed E-state index contributed by atoms with van der Waals surface area (Å²) in [6, 6.07) is 14.1. The molecule has 0 amide bonds. The van der Waals surface area contributed by atoms with E-state index in [1.807, 2.05) is 30.3 Å². The van der Waals surface area contributed by atoms with Gasteiger partial charge in [-0.25, -0.2) is 0 Å². The van der Waals surface area contributed by atoms with Crippen molar-refractivity contribution >= 4 is 5.97 Å². The summed E-state index contributed by atoms with van der Waals surface area (Å²) in [5.74, 6) is -0.545. The average Bonchev–Trinajstić information content (AvgIpc) is 3.13. The van der Waals surface area contributed by atoms with Crippen molar-refractivity contribution in [1.29, 1.82) is 0 Å². The minimum absolute atomic E-state index is 0.0191. The Morgan fingerprint density at radius 3 is 2.58 bits per heavy atom. The molecule has 1 N–H and O–H groups in total. The van der Waals surface area contributed by atoms with Crippen molar-refractivity contribution in [3.8, 4) is 17.1 Å². The quantitative estimate of drug-likeness (QED) is 0.704. The van der Waals surface area contributed by atoms with Gasteiger partial charge in [-0.05, 0) is 19.1 Å². The number of aryl methyl sites for hydroxylation is 1. The molecule has 0 unspecified atom stereocenters. The van der Waals surface area contributed by atoms with E-state index < -0.39 is 23.1 Å². The standard InChI is InChI=1S/C20H18O6/c1-12-10-15(21)19(23)20(25-12)14(11-18(22)24-2)17-9-8-16(26-17)13-6-4-3-5-7-13/h3-10,14,23H,11H2,1-2H3/t14-/m1/s1. The van der Waals surface area contributed by atoms with Crippen LogP contribution in [0.1, 0.15) is 29.6 Å². The SMILES string of the molecule is COC(=O)C[C@H](c1ccc(-c2ccccc2)o1)c1oc(C)cc(=O)c1O. The topological polar surface area (TPSA) is 89.9 Å². The molecule has 2 heterocycles. The van der Waals surface area contributed by atoms with Crippen LogP contribution in [0.25, 0.3) is 11.3 Å². The van der Waals surface area contributed by atoms with Gasteiger partial charge in [-0.3, -0.25) is 9.59 Å². The maximum atomic E-state index is 11.9. The summed E-state index contributed by atoms with van der Waals surface area (Å²) in [5, 5.41) is 10.2. The summed E-state index contributed by atoms with van der Waals surface area (Å²) in [4.78, 5) is 23.8. The summed E-state index contributed by atoms with van der Waals surface area (Å²) >= 11 is 0. The fourth-order valence-electron chi connectivity index (χ4n) is 2.73. The Kier molecular flexibility index (Phi) is 4.93. The number of hydrogen-bond donors (Lipinski definition) is 1. The first-order valence-electron chi connectivity index (χ1n) is 8.05. The van der Waals surface area contributed by atoms with Crippen molar-refractivity contribution in [2.24, 2.45) is 0 Å². The number of benzene rings is 1. The monoisotopic (exact) mass is 354 g/mol. The van der Waals surface area contributed by atoms with E-state index in [2.05, 4.69) is 0 Å². The molecule has 6 heteroatoms. The predicted molar refractivity (Wildman–Crippen MR) is 94.0 cm³/mol. The van der Waals surface area contributed by atoms with Crippen molar-refractivity contribution < 1.29 is 23.5 Å². The first kappa shape index (κ1) is 17.5. The van der Waals surface area contributed by atoms with Crippen LogP contribution in [0.15, 0.2) is 62.2 Å². The maximum Gasteiger partial charge on any atom is 0.306 e. The van der Waals surface area contributed by atoms with E-state index in [-0.39, 0.29) is 12.2 Å². The van der Waals surface area contributed by atoms with Crippen LogP contribution >= 0.6 is 0 Å². The molecule has 6 nitrogen and oxygen atoms in total. The van der Waals surface area contributed by atoms with Crippen LogP contribution in [0.3, 0.4) is 0 Å². The fourth-order valence-corrected chi connectivity index (χ4v) is 2.73. The smallest absolute Gasteiger partial charge is 0.306 e. The molecule has 0 fully saturated rings. The summed E-state index contributed by atoms with van der Waals surface area (Å²) in [6.45, 7) is 1.59. The van der Waals surface area contributed by atoms with Crippen molar-refractivity contribution in [2.45, 2.75) is 19.3 Å². The third-order valence-corrected chi connectivity index (χ3v) is 4.02. The molecule has 134 valence electrons. The second-order valence-corrected chi connectivity index (χ2v) is 5.84. The molecule has 1 aromatic carbocycles. The third-order valence-electron chi connectivity index (χ3n) is 4.02. The number of aromatic hydroxyl groups is 1. The minimum Gasteiger partial charge on any atom is -0.502 e. The lowest BCUT2D eigenvalue weighted by Crippen LogP contribution is -2.13. The molecular weight excluding hydrogens is 336 g/mol. The summed E-state index contributed by atoms with van der Waals surface area (Å²) < 4.78 is 16.2. The lowest BCUT2D eigenvalue weighted by Gasteiger charge is -2.14. The Bertz CT molecular complexity index is 967. The van der Waals surface area contributed by atoms with Crippen molar-refractivity contribution in [3.05, 3.63) is 76.0 Å². The molecule has 3 rings (SSSR count). The van der Waals surface area contributed by atoms with Gasteiger partial charge < -0.3 is 18.7 Å². The molecule has 0 aliphatic carbocycles. The lowest BCUT2D eigenvalue weighted by molar-refractivity contribution is -0.141. The second-order valence-electron chi connectivity index (χ2n) is 5.84. The highest BCUT2D eigenvalue weighted by atomic mass is 16.5. The highest BCUT2D eigenvalue weighted by Crippen LogP contribution is 2.36. The Hall–Kier alpha value is -3.28. The molecule has 0 bridgehead atoms. The molecule has 1 atom stereocenters. The van der Waals surface area contributed by atoms with E-state index in [4.69, 9.17) is 13.6 Å². The Morgan fingerprint density at radius 2 is 1.88 bits per heavy atom. The van der Waals surface area contributed by atoms with E-state index in [1.54, 1.807) is 19.1 Å². The Balaban J connectivity index is 2.07. The van der Waals surface area contributed by atoms with Crippen LogP contribution in [0, 0.1) is 6.92 Å². The highest BCUT2D eigenvalue weighted by molar-refractivity contribution is 5.71. The van der Waals surface area contributed by atoms with Crippen molar-refractivity contribution in [2.75, 3.05) is 7.11 Å². The number of methoxy groups -OCH3 is 1.